The summed E-state index contributed by atoms with van der Waals surface area (Å²) >= 11 is 1.55. The first-order valence-corrected chi connectivity index (χ1v) is 9.56. The molecule has 1 aliphatic rings. The number of benzene rings is 1. The molecular weight excluding hydrogens is 348 g/mol. The first kappa shape index (κ1) is 18.3. The molecule has 136 valence electrons. The lowest BCUT2D eigenvalue weighted by molar-refractivity contribution is 0.0600. The molecule has 1 amide bonds. The number of nitrogens with zero attached hydrogens (tertiary/aromatic N) is 1. The Morgan fingerprint density at radius 2 is 2.19 bits per heavy atom. The molecule has 0 bridgehead atoms. The molecule has 1 aromatic carbocycles. The number of thiophene rings is 1. The number of aryl methyl sites for hydroxylation is 1. The Labute approximate surface area is 157 Å². The summed E-state index contributed by atoms with van der Waals surface area (Å²) in [6.45, 7) is 2.22. The molecule has 1 heterocycles. The monoisotopic (exact) mass is 370 g/mol. The zero-order valence-electron chi connectivity index (χ0n) is 15.0. The minimum Gasteiger partial charge on any atom is -0.465 e. The van der Waals surface area contributed by atoms with E-state index in [1.54, 1.807) is 35.6 Å². The average Bonchev–Trinajstić information content (AvgIpc) is 3.11. The number of methoxy groups -OCH3 is 1. The summed E-state index contributed by atoms with van der Waals surface area (Å²) in [4.78, 5) is 26.1. The molecule has 1 aromatic heterocycles. The van der Waals surface area contributed by atoms with Crippen molar-refractivity contribution in [2.24, 2.45) is 11.0 Å². The van der Waals surface area contributed by atoms with Gasteiger partial charge in [0, 0.05) is 10.4 Å². The molecule has 0 fully saturated rings. The fraction of sp³-hybridized carbons (Fsp3) is 0.350. The third-order valence-electron chi connectivity index (χ3n) is 4.72. The van der Waals surface area contributed by atoms with E-state index in [-0.39, 0.29) is 5.91 Å². The molecule has 1 aliphatic carbocycles. The molecule has 5 nitrogen and oxygen atoms in total. The van der Waals surface area contributed by atoms with Crippen LogP contribution in [0.4, 0.5) is 0 Å². The summed E-state index contributed by atoms with van der Waals surface area (Å²) in [5.41, 5.74) is 4.86. The van der Waals surface area contributed by atoms with Crippen molar-refractivity contribution in [3.63, 3.8) is 0 Å². The average molecular weight is 370 g/mol. The predicted molar refractivity (Wildman–Crippen MR) is 103 cm³/mol. The van der Waals surface area contributed by atoms with Gasteiger partial charge in [0.25, 0.3) is 5.91 Å². The summed E-state index contributed by atoms with van der Waals surface area (Å²) in [6, 6.07) is 8.95. The number of hydrogen-bond acceptors (Lipinski definition) is 5. The van der Waals surface area contributed by atoms with Gasteiger partial charge < -0.3 is 4.74 Å². The molecule has 0 unspecified atom stereocenters. The van der Waals surface area contributed by atoms with Crippen LogP contribution >= 0.6 is 11.3 Å². The highest BCUT2D eigenvalue weighted by atomic mass is 32.1. The maximum atomic E-state index is 12.4. The lowest BCUT2D eigenvalue weighted by atomic mass is 9.87. The first-order chi connectivity index (χ1) is 12.6. The third-order valence-corrected chi connectivity index (χ3v) is 5.96. The molecule has 1 N–H and O–H groups in total. The second kappa shape index (κ2) is 8.27. The Morgan fingerprint density at radius 3 is 2.96 bits per heavy atom. The van der Waals surface area contributed by atoms with Gasteiger partial charge in [0.15, 0.2) is 0 Å². The molecule has 3 rings (SSSR count). The third kappa shape index (κ3) is 4.02. The Balaban J connectivity index is 1.68. The highest BCUT2D eigenvalue weighted by Crippen LogP contribution is 2.33. The Morgan fingerprint density at radius 1 is 1.38 bits per heavy atom. The molecule has 0 spiro atoms. The van der Waals surface area contributed by atoms with Crippen LogP contribution in [0.5, 0.6) is 0 Å². The number of amides is 1. The van der Waals surface area contributed by atoms with Crippen LogP contribution in [0.1, 0.15) is 55.8 Å². The van der Waals surface area contributed by atoms with Crippen LogP contribution in [-0.2, 0) is 17.6 Å². The fourth-order valence-corrected chi connectivity index (χ4v) is 4.28. The van der Waals surface area contributed by atoms with Crippen molar-refractivity contribution < 1.29 is 14.3 Å². The number of carbonyl (C=O) groups excluding carboxylic acids is 2. The number of hydrazone groups is 1. The predicted octanol–water partition coefficient (Wildman–Crippen LogP) is 3.81. The van der Waals surface area contributed by atoms with E-state index >= 15 is 0 Å². The van der Waals surface area contributed by atoms with Crippen LogP contribution in [0.15, 0.2) is 35.4 Å². The van der Waals surface area contributed by atoms with E-state index in [4.69, 9.17) is 4.74 Å². The quantitative estimate of drug-likeness (QED) is 0.494. The molecule has 0 saturated carbocycles. The van der Waals surface area contributed by atoms with Crippen molar-refractivity contribution in [3.8, 4) is 0 Å². The minimum atomic E-state index is -0.435. The van der Waals surface area contributed by atoms with Crippen LogP contribution in [-0.4, -0.2) is 25.2 Å². The molecule has 26 heavy (non-hydrogen) atoms. The van der Waals surface area contributed by atoms with Gasteiger partial charge >= 0.3 is 5.97 Å². The molecule has 2 aromatic rings. The number of fused-ring (bicyclic) bond motifs is 1. The van der Waals surface area contributed by atoms with Crippen molar-refractivity contribution >= 4 is 29.4 Å². The number of nitrogens with one attached hydrogen (secondary N) is 1. The molecule has 1 atom stereocenters. The molecule has 6 heteroatoms. The second-order valence-electron chi connectivity index (χ2n) is 6.35. The van der Waals surface area contributed by atoms with Gasteiger partial charge in [0.2, 0.25) is 0 Å². The van der Waals surface area contributed by atoms with Crippen LogP contribution in [0.2, 0.25) is 0 Å². The largest absolute Gasteiger partial charge is 0.465 e. The Hall–Kier alpha value is -2.47. The number of esters is 1. The summed E-state index contributed by atoms with van der Waals surface area (Å²) < 4.78 is 4.75. The molecular formula is C20H22N2O3S. The minimum absolute atomic E-state index is 0.218. The summed E-state index contributed by atoms with van der Waals surface area (Å²) in [5.74, 6) is 0.0693. The lowest BCUT2D eigenvalue weighted by Gasteiger charge is -2.19. The first-order valence-electron chi connectivity index (χ1n) is 8.74. The zero-order chi connectivity index (χ0) is 18.5. The van der Waals surface area contributed by atoms with Crippen molar-refractivity contribution in [1.29, 1.82) is 0 Å². The number of rotatable bonds is 5. The Bertz CT molecular complexity index is 841. The fourth-order valence-electron chi connectivity index (χ4n) is 3.18. The van der Waals surface area contributed by atoms with Gasteiger partial charge in [-0.3, -0.25) is 4.79 Å². The van der Waals surface area contributed by atoms with Crippen molar-refractivity contribution in [1.82, 2.24) is 5.43 Å². The van der Waals surface area contributed by atoms with Gasteiger partial charge in [-0.2, -0.15) is 5.10 Å². The zero-order valence-corrected chi connectivity index (χ0v) is 15.8. The summed E-state index contributed by atoms with van der Waals surface area (Å²) in [7, 11) is 1.33. The molecule has 0 saturated heterocycles. The molecule has 0 aliphatic heterocycles. The number of hydrogen-bond donors (Lipinski definition) is 1. The van der Waals surface area contributed by atoms with E-state index in [0.717, 1.165) is 18.8 Å². The topological polar surface area (TPSA) is 67.8 Å². The van der Waals surface area contributed by atoms with E-state index in [2.05, 4.69) is 17.5 Å². The second-order valence-corrected chi connectivity index (χ2v) is 7.49. The van der Waals surface area contributed by atoms with E-state index < -0.39 is 5.97 Å². The van der Waals surface area contributed by atoms with E-state index in [0.29, 0.717) is 16.0 Å². The van der Waals surface area contributed by atoms with Gasteiger partial charge in [0.05, 0.1) is 23.8 Å². The van der Waals surface area contributed by atoms with E-state index in [1.165, 1.54) is 36.6 Å². The normalized spacial score (nSPS) is 16.3. The lowest BCUT2D eigenvalue weighted by Crippen LogP contribution is -2.16. The van der Waals surface area contributed by atoms with Gasteiger partial charge in [0.1, 0.15) is 0 Å². The van der Waals surface area contributed by atoms with E-state index in [1.807, 2.05) is 6.07 Å². The maximum absolute atomic E-state index is 12.4. The van der Waals surface area contributed by atoms with Gasteiger partial charge in [-0.15, -0.1) is 11.3 Å². The SMILES string of the molecule is CC[C@@H]1CCc2sc(C(=O)N/N=C\c3ccccc3C(=O)OC)cc2C1. The van der Waals surface area contributed by atoms with Crippen LogP contribution in [0, 0.1) is 5.92 Å². The standard InChI is InChI=1S/C20H22N2O3S/c1-3-13-8-9-17-15(10-13)11-18(26-17)19(23)22-21-12-14-6-4-5-7-16(14)20(24)25-2/h4-7,11-13H,3,8-10H2,1-2H3,(H,22,23)/b21-12-/t13-/m1/s1. The van der Waals surface area contributed by atoms with Crippen molar-refractivity contribution in [3.05, 3.63) is 56.8 Å². The van der Waals surface area contributed by atoms with Crippen molar-refractivity contribution in [2.45, 2.75) is 32.6 Å². The van der Waals surface area contributed by atoms with Gasteiger partial charge in [-0.1, -0.05) is 31.5 Å². The highest BCUT2D eigenvalue weighted by molar-refractivity contribution is 7.14. The van der Waals surface area contributed by atoms with Crippen molar-refractivity contribution in [2.75, 3.05) is 7.11 Å². The number of carbonyl (C=O) groups is 2. The van der Waals surface area contributed by atoms with Gasteiger partial charge in [-0.25, -0.2) is 10.2 Å². The van der Waals surface area contributed by atoms with Crippen LogP contribution < -0.4 is 5.43 Å². The van der Waals surface area contributed by atoms with Gasteiger partial charge in [-0.05, 0) is 42.9 Å². The smallest absolute Gasteiger partial charge is 0.338 e. The number of ether oxygens (including phenoxy) is 1. The van der Waals surface area contributed by atoms with E-state index in [9.17, 15) is 9.59 Å². The summed E-state index contributed by atoms with van der Waals surface area (Å²) in [5, 5.41) is 4.01. The van der Waals surface area contributed by atoms with Crippen LogP contribution in [0.25, 0.3) is 0 Å². The van der Waals surface area contributed by atoms with Crippen LogP contribution in [0.3, 0.4) is 0 Å². The summed E-state index contributed by atoms with van der Waals surface area (Å²) in [6.07, 6.45) is 5.96. The molecule has 0 radical (unpaired) electrons. The maximum Gasteiger partial charge on any atom is 0.338 e. The highest BCUT2D eigenvalue weighted by Gasteiger charge is 2.21. The Kier molecular flexibility index (Phi) is 5.83.